The molecule has 0 aromatic carbocycles. The molecule has 1 aromatic rings. The second-order valence-electron chi connectivity index (χ2n) is 5.26. The summed E-state index contributed by atoms with van der Waals surface area (Å²) in [5, 5.41) is 17.1. The zero-order chi connectivity index (χ0) is 14.5. The number of nitrogens with zero attached hydrogens (tertiary/aromatic N) is 3. The average Bonchev–Trinajstić information content (AvgIpc) is 2.47. The molecule has 0 amide bonds. The Hall–Kier alpha value is -1.92. The zero-order valence-corrected chi connectivity index (χ0v) is 11.9. The molecule has 2 rings (SSSR count). The summed E-state index contributed by atoms with van der Waals surface area (Å²) in [5.41, 5.74) is -0.0855. The molecule has 1 fully saturated rings. The van der Waals surface area contributed by atoms with Crippen LogP contribution < -0.4 is 10.6 Å². The Morgan fingerprint density at radius 2 is 1.95 bits per heavy atom. The number of hydrogen-bond acceptors (Lipinski definition) is 6. The lowest BCUT2D eigenvalue weighted by atomic mass is 9.84. The molecule has 7 nitrogen and oxygen atoms in total. The normalized spacial score (nSPS) is 17.5. The second kappa shape index (κ2) is 6.49. The fourth-order valence-corrected chi connectivity index (χ4v) is 2.81. The highest BCUT2D eigenvalue weighted by Gasteiger charge is 2.26. The van der Waals surface area contributed by atoms with Gasteiger partial charge in [-0.1, -0.05) is 19.3 Å². The van der Waals surface area contributed by atoms with E-state index in [9.17, 15) is 10.1 Å². The van der Waals surface area contributed by atoms with Crippen molar-refractivity contribution < 1.29 is 4.92 Å². The minimum atomic E-state index is -0.443. The van der Waals surface area contributed by atoms with Crippen molar-refractivity contribution in [3.63, 3.8) is 0 Å². The van der Waals surface area contributed by atoms with Crippen LogP contribution in [0.2, 0.25) is 0 Å². The summed E-state index contributed by atoms with van der Waals surface area (Å²) in [6.07, 6.45) is 7.46. The van der Waals surface area contributed by atoms with E-state index in [1.165, 1.54) is 38.4 Å². The number of anilines is 2. The fourth-order valence-electron chi connectivity index (χ4n) is 2.81. The van der Waals surface area contributed by atoms with Crippen LogP contribution in [0.4, 0.5) is 17.3 Å². The molecule has 0 spiro atoms. The number of nitrogens with one attached hydrogen (secondary N) is 2. The molecule has 1 heterocycles. The van der Waals surface area contributed by atoms with Crippen molar-refractivity contribution in [2.45, 2.75) is 45.1 Å². The molecule has 0 saturated heterocycles. The van der Waals surface area contributed by atoms with Crippen LogP contribution in [0.5, 0.6) is 0 Å². The highest BCUT2D eigenvalue weighted by Crippen LogP contribution is 2.32. The summed E-state index contributed by atoms with van der Waals surface area (Å²) in [7, 11) is 1.61. The van der Waals surface area contributed by atoms with Crippen LogP contribution >= 0.6 is 0 Å². The van der Waals surface area contributed by atoms with Crippen molar-refractivity contribution in [1.29, 1.82) is 0 Å². The van der Waals surface area contributed by atoms with Gasteiger partial charge in [-0.3, -0.25) is 10.1 Å². The molecule has 0 bridgehead atoms. The van der Waals surface area contributed by atoms with Gasteiger partial charge in [0.1, 0.15) is 6.33 Å². The molecule has 7 heteroatoms. The Labute approximate surface area is 118 Å². The average molecular weight is 279 g/mol. The van der Waals surface area contributed by atoms with Crippen LogP contribution in [0.1, 0.15) is 39.0 Å². The van der Waals surface area contributed by atoms with Crippen LogP contribution in [0.3, 0.4) is 0 Å². The van der Waals surface area contributed by atoms with E-state index in [4.69, 9.17) is 0 Å². The predicted molar refractivity (Wildman–Crippen MR) is 77.9 cm³/mol. The monoisotopic (exact) mass is 279 g/mol. The smallest absolute Gasteiger partial charge is 0.353 e. The molecule has 1 aliphatic carbocycles. The first-order chi connectivity index (χ1) is 9.63. The van der Waals surface area contributed by atoms with Crippen LogP contribution in [0.15, 0.2) is 6.33 Å². The lowest BCUT2D eigenvalue weighted by Gasteiger charge is -2.28. The van der Waals surface area contributed by atoms with Gasteiger partial charge in [-0.15, -0.1) is 0 Å². The van der Waals surface area contributed by atoms with E-state index in [-0.39, 0.29) is 17.5 Å². The van der Waals surface area contributed by atoms with Crippen molar-refractivity contribution in [1.82, 2.24) is 9.97 Å². The van der Waals surface area contributed by atoms with E-state index in [0.717, 1.165) is 0 Å². The van der Waals surface area contributed by atoms with Crippen LogP contribution in [-0.2, 0) is 0 Å². The Bertz CT molecular complexity index is 474. The van der Waals surface area contributed by atoms with Gasteiger partial charge in [0.2, 0.25) is 11.6 Å². The molecule has 1 saturated carbocycles. The van der Waals surface area contributed by atoms with Gasteiger partial charge in [0.05, 0.1) is 4.92 Å². The number of hydrogen-bond donors (Lipinski definition) is 2. The lowest BCUT2D eigenvalue weighted by Crippen LogP contribution is -2.28. The Morgan fingerprint density at radius 1 is 1.30 bits per heavy atom. The summed E-state index contributed by atoms with van der Waals surface area (Å²) in [6, 6.07) is 0.175. The van der Waals surface area contributed by atoms with E-state index in [2.05, 4.69) is 27.5 Å². The molecular formula is C13H21N5O2. The molecule has 1 unspecified atom stereocenters. The molecule has 20 heavy (non-hydrogen) atoms. The minimum absolute atomic E-state index is 0.0855. The van der Waals surface area contributed by atoms with Crippen LogP contribution in [0, 0.1) is 16.0 Å². The maximum Gasteiger partial charge on any atom is 0.353 e. The third-order valence-electron chi connectivity index (χ3n) is 3.96. The number of aromatic nitrogens is 2. The van der Waals surface area contributed by atoms with Crippen molar-refractivity contribution >= 4 is 17.3 Å². The first kappa shape index (κ1) is 14.5. The van der Waals surface area contributed by atoms with E-state index in [1.807, 2.05) is 0 Å². The molecule has 0 aliphatic heterocycles. The third kappa shape index (κ3) is 3.15. The first-order valence-electron chi connectivity index (χ1n) is 7.07. The van der Waals surface area contributed by atoms with E-state index in [1.54, 1.807) is 7.05 Å². The third-order valence-corrected chi connectivity index (χ3v) is 3.96. The predicted octanol–water partition coefficient (Wildman–Crippen LogP) is 2.81. The fraction of sp³-hybridized carbons (Fsp3) is 0.692. The summed E-state index contributed by atoms with van der Waals surface area (Å²) < 4.78 is 0. The van der Waals surface area contributed by atoms with Gasteiger partial charge in [0.25, 0.3) is 0 Å². The maximum absolute atomic E-state index is 11.2. The Balaban J connectivity index is 2.17. The second-order valence-corrected chi connectivity index (χ2v) is 5.26. The van der Waals surface area contributed by atoms with Crippen molar-refractivity contribution in [2.24, 2.45) is 5.92 Å². The first-order valence-corrected chi connectivity index (χ1v) is 7.07. The van der Waals surface area contributed by atoms with Gasteiger partial charge < -0.3 is 10.6 Å². The topological polar surface area (TPSA) is 93.0 Å². The zero-order valence-electron chi connectivity index (χ0n) is 11.9. The highest BCUT2D eigenvalue weighted by molar-refractivity contribution is 5.69. The molecular weight excluding hydrogens is 258 g/mol. The lowest BCUT2D eigenvalue weighted by molar-refractivity contribution is -0.383. The SMILES string of the molecule is CNc1ncnc(NC(C)C2CCCCC2)c1[N+](=O)[O-]. The quantitative estimate of drug-likeness (QED) is 0.636. The van der Waals surface area contributed by atoms with Crippen molar-refractivity contribution in [3.8, 4) is 0 Å². The molecule has 110 valence electrons. The van der Waals surface area contributed by atoms with Gasteiger partial charge in [-0.2, -0.15) is 0 Å². The molecule has 0 radical (unpaired) electrons. The largest absolute Gasteiger partial charge is 0.367 e. The highest BCUT2D eigenvalue weighted by atomic mass is 16.6. The van der Waals surface area contributed by atoms with E-state index >= 15 is 0 Å². The van der Waals surface area contributed by atoms with E-state index < -0.39 is 4.92 Å². The Kier molecular flexibility index (Phi) is 4.70. The standard InChI is InChI=1S/C13H21N5O2/c1-9(10-6-4-3-5-7-10)17-13-11(18(19)20)12(14-2)15-8-16-13/h8-10H,3-7H2,1-2H3,(H2,14,15,16,17). The van der Waals surface area contributed by atoms with Crippen molar-refractivity contribution in [2.75, 3.05) is 17.7 Å². The maximum atomic E-state index is 11.2. The summed E-state index contributed by atoms with van der Waals surface area (Å²) >= 11 is 0. The van der Waals surface area contributed by atoms with Gasteiger partial charge >= 0.3 is 5.69 Å². The van der Waals surface area contributed by atoms with Gasteiger partial charge in [0, 0.05) is 13.1 Å². The summed E-state index contributed by atoms with van der Waals surface area (Å²) in [4.78, 5) is 18.7. The molecule has 1 aliphatic rings. The van der Waals surface area contributed by atoms with Gasteiger partial charge in [-0.05, 0) is 25.7 Å². The van der Waals surface area contributed by atoms with Crippen molar-refractivity contribution in [3.05, 3.63) is 16.4 Å². The minimum Gasteiger partial charge on any atom is -0.367 e. The van der Waals surface area contributed by atoms with Crippen LogP contribution in [-0.4, -0.2) is 28.0 Å². The number of nitro groups is 1. The molecule has 1 aromatic heterocycles. The van der Waals surface area contributed by atoms with Gasteiger partial charge in [0.15, 0.2) is 0 Å². The van der Waals surface area contributed by atoms with Gasteiger partial charge in [-0.25, -0.2) is 9.97 Å². The summed E-state index contributed by atoms with van der Waals surface area (Å²) in [6.45, 7) is 2.07. The summed E-state index contributed by atoms with van der Waals surface area (Å²) in [5.74, 6) is 1.09. The molecule has 2 N–H and O–H groups in total. The molecule has 1 atom stereocenters. The Morgan fingerprint density at radius 3 is 2.55 bits per heavy atom. The number of rotatable bonds is 5. The van der Waals surface area contributed by atoms with Crippen LogP contribution in [0.25, 0.3) is 0 Å². The van der Waals surface area contributed by atoms with E-state index in [0.29, 0.717) is 11.7 Å².